The molecule has 1 aromatic carbocycles. The number of aromatic nitrogens is 4. The quantitative estimate of drug-likeness (QED) is 0.618. The van der Waals surface area contributed by atoms with Crippen molar-refractivity contribution in [3.63, 3.8) is 0 Å². The zero-order chi connectivity index (χ0) is 11.0. The standard InChI is InChI=1S/C12H10N4/c1-9-13-6-7-16(9)12-14-8-10-4-2-3-5-11(10)15-12/h2-8H,1H3. The number of nitrogens with zero attached hydrogens (tertiary/aromatic N) is 4. The third kappa shape index (κ3) is 1.35. The molecular weight excluding hydrogens is 200 g/mol. The molecule has 0 N–H and O–H groups in total. The summed E-state index contributed by atoms with van der Waals surface area (Å²) in [7, 11) is 0. The molecule has 0 bridgehead atoms. The first-order valence-electron chi connectivity index (χ1n) is 5.07. The summed E-state index contributed by atoms with van der Waals surface area (Å²) in [4.78, 5) is 13.0. The molecule has 0 amide bonds. The van der Waals surface area contributed by atoms with Crippen LogP contribution in [-0.4, -0.2) is 19.5 Å². The molecule has 0 saturated carbocycles. The molecule has 78 valence electrons. The zero-order valence-corrected chi connectivity index (χ0v) is 8.83. The Morgan fingerprint density at radius 2 is 2.00 bits per heavy atom. The van der Waals surface area contributed by atoms with Gasteiger partial charge in [0.05, 0.1) is 5.52 Å². The van der Waals surface area contributed by atoms with Crippen molar-refractivity contribution in [1.82, 2.24) is 19.5 Å². The van der Waals surface area contributed by atoms with Crippen LogP contribution in [-0.2, 0) is 0 Å². The number of hydrogen-bond acceptors (Lipinski definition) is 3. The van der Waals surface area contributed by atoms with Gasteiger partial charge in [-0.25, -0.2) is 15.0 Å². The summed E-state index contributed by atoms with van der Waals surface area (Å²) >= 11 is 0. The minimum atomic E-state index is 0.661. The third-order valence-corrected chi connectivity index (χ3v) is 2.52. The first-order chi connectivity index (χ1) is 7.84. The molecule has 0 spiro atoms. The minimum Gasteiger partial charge on any atom is -0.272 e. The van der Waals surface area contributed by atoms with Gasteiger partial charge in [-0.1, -0.05) is 18.2 Å². The Balaban J connectivity index is 2.23. The second-order valence-electron chi connectivity index (χ2n) is 3.57. The maximum Gasteiger partial charge on any atom is 0.235 e. The van der Waals surface area contributed by atoms with Crippen LogP contribution in [0.4, 0.5) is 0 Å². The number of rotatable bonds is 1. The molecule has 16 heavy (non-hydrogen) atoms. The van der Waals surface area contributed by atoms with Crippen LogP contribution in [0.1, 0.15) is 5.82 Å². The number of para-hydroxylation sites is 1. The Hall–Kier alpha value is -2.23. The van der Waals surface area contributed by atoms with E-state index in [4.69, 9.17) is 0 Å². The lowest BCUT2D eigenvalue weighted by Gasteiger charge is -2.03. The van der Waals surface area contributed by atoms with Gasteiger partial charge in [0.25, 0.3) is 0 Å². The summed E-state index contributed by atoms with van der Waals surface area (Å²) in [5, 5.41) is 1.05. The van der Waals surface area contributed by atoms with Crippen molar-refractivity contribution >= 4 is 10.9 Å². The number of imidazole rings is 1. The zero-order valence-electron chi connectivity index (χ0n) is 8.83. The third-order valence-electron chi connectivity index (χ3n) is 2.52. The van der Waals surface area contributed by atoms with Crippen molar-refractivity contribution in [1.29, 1.82) is 0 Å². The van der Waals surface area contributed by atoms with E-state index in [2.05, 4.69) is 15.0 Å². The molecule has 0 aliphatic heterocycles. The molecule has 4 nitrogen and oxygen atoms in total. The smallest absolute Gasteiger partial charge is 0.235 e. The van der Waals surface area contributed by atoms with E-state index in [0.29, 0.717) is 5.95 Å². The lowest BCUT2D eigenvalue weighted by molar-refractivity contribution is 0.894. The number of aryl methyl sites for hydroxylation is 1. The van der Waals surface area contributed by atoms with Gasteiger partial charge < -0.3 is 0 Å². The number of fused-ring (bicyclic) bond motifs is 1. The normalized spacial score (nSPS) is 10.8. The van der Waals surface area contributed by atoms with E-state index in [1.165, 1.54) is 0 Å². The summed E-state index contributed by atoms with van der Waals surface area (Å²) in [6, 6.07) is 7.93. The van der Waals surface area contributed by atoms with E-state index in [1.807, 2.05) is 48.1 Å². The van der Waals surface area contributed by atoms with Crippen LogP contribution in [0.15, 0.2) is 42.9 Å². The maximum atomic E-state index is 4.49. The largest absolute Gasteiger partial charge is 0.272 e. The molecule has 2 aromatic heterocycles. The predicted molar refractivity (Wildman–Crippen MR) is 61.4 cm³/mol. The van der Waals surface area contributed by atoms with E-state index in [-0.39, 0.29) is 0 Å². The molecule has 3 aromatic rings. The maximum absolute atomic E-state index is 4.49. The molecule has 0 aliphatic rings. The van der Waals surface area contributed by atoms with Crippen LogP contribution in [0.25, 0.3) is 16.9 Å². The Kier molecular flexibility index (Phi) is 1.93. The van der Waals surface area contributed by atoms with Crippen LogP contribution in [0, 0.1) is 6.92 Å². The van der Waals surface area contributed by atoms with Gasteiger partial charge in [0.2, 0.25) is 5.95 Å². The molecule has 0 aliphatic carbocycles. The van der Waals surface area contributed by atoms with Gasteiger partial charge >= 0.3 is 0 Å². The van der Waals surface area contributed by atoms with Crippen molar-refractivity contribution in [2.75, 3.05) is 0 Å². The van der Waals surface area contributed by atoms with Crippen LogP contribution >= 0.6 is 0 Å². The van der Waals surface area contributed by atoms with Crippen LogP contribution in [0.3, 0.4) is 0 Å². The van der Waals surface area contributed by atoms with Crippen molar-refractivity contribution < 1.29 is 0 Å². The van der Waals surface area contributed by atoms with E-state index in [0.717, 1.165) is 16.7 Å². The van der Waals surface area contributed by atoms with Gasteiger partial charge in [0.15, 0.2) is 0 Å². The van der Waals surface area contributed by atoms with Gasteiger partial charge in [-0.15, -0.1) is 0 Å². The van der Waals surface area contributed by atoms with E-state index < -0.39 is 0 Å². The van der Waals surface area contributed by atoms with E-state index >= 15 is 0 Å². The Labute approximate surface area is 92.6 Å². The highest BCUT2D eigenvalue weighted by atomic mass is 15.2. The van der Waals surface area contributed by atoms with Gasteiger partial charge in [0, 0.05) is 24.0 Å². The SMILES string of the molecule is Cc1nccn1-c1ncc2ccccc2n1. The first-order valence-corrected chi connectivity index (χ1v) is 5.07. The monoisotopic (exact) mass is 210 g/mol. The molecule has 0 saturated heterocycles. The Morgan fingerprint density at radius 3 is 2.81 bits per heavy atom. The highest BCUT2D eigenvalue weighted by Crippen LogP contribution is 2.12. The van der Waals surface area contributed by atoms with Crippen LogP contribution in [0.2, 0.25) is 0 Å². The highest BCUT2D eigenvalue weighted by Gasteiger charge is 2.03. The molecule has 4 heteroatoms. The van der Waals surface area contributed by atoms with Gasteiger partial charge in [-0.2, -0.15) is 0 Å². The summed E-state index contributed by atoms with van der Waals surface area (Å²) in [6.45, 7) is 1.93. The fourth-order valence-corrected chi connectivity index (χ4v) is 1.67. The fourth-order valence-electron chi connectivity index (χ4n) is 1.67. The van der Waals surface area contributed by atoms with Gasteiger partial charge in [-0.3, -0.25) is 4.57 Å². The second-order valence-corrected chi connectivity index (χ2v) is 3.57. The molecule has 2 heterocycles. The van der Waals surface area contributed by atoms with Crippen LogP contribution in [0.5, 0.6) is 0 Å². The first kappa shape index (κ1) is 9.03. The Morgan fingerprint density at radius 1 is 1.12 bits per heavy atom. The average molecular weight is 210 g/mol. The lowest BCUT2D eigenvalue weighted by atomic mass is 10.2. The fraction of sp³-hybridized carbons (Fsp3) is 0.0833. The minimum absolute atomic E-state index is 0.661. The summed E-state index contributed by atoms with van der Waals surface area (Å²) in [6.07, 6.45) is 5.43. The average Bonchev–Trinajstić information content (AvgIpc) is 2.75. The van der Waals surface area contributed by atoms with Crippen LogP contribution < -0.4 is 0 Å². The topological polar surface area (TPSA) is 43.6 Å². The molecule has 0 unspecified atom stereocenters. The lowest BCUT2D eigenvalue weighted by Crippen LogP contribution is -2.01. The summed E-state index contributed by atoms with van der Waals surface area (Å²) in [5.74, 6) is 1.55. The molecule has 3 rings (SSSR count). The molecule has 0 fully saturated rings. The van der Waals surface area contributed by atoms with Crippen molar-refractivity contribution in [3.8, 4) is 5.95 Å². The van der Waals surface area contributed by atoms with Crippen molar-refractivity contribution in [3.05, 3.63) is 48.7 Å². The number of benzene rings is 1. The second kappa shape index (κ2) is 3.41. The van der Waals surface area contributed by atoms with E-state index in [1.54, 1.807) is 6.20 Å². The molecule has 0 atom stereocenters. The van der Waals surface area contributed by atoms with Crippen molar-refractivity contribution in [2.24, 2.45) is 0 Å². The summed E-state index contributed by atoms with van der Waals surface area (Å²) < 4.78 is 1.87. The summed E-state index contributed by atoms with van der Waals surface area (Å²) in [5.41, 5.74) is 0.945. The van der Waals surface area contributed by atoms with Gasteiger partial charge in [0.1, 0.15) is 5.82 Å². The van der Waals surface area contributed by atoms with Crippen molar-refractivity contribution in [2.45, 2.75) is 6.92 Å². The predicted octanol–water partition coefficient (Wildman–Crippen LogP) is 2.12. The van der Waals surface area contributed by atoms with E-state index in [9.17, 15) is 0 Å². The molecule has 0 radical (unpaired) electrons. The molecular formula is C12H10N4. The Bertz CT molecular complexity index is 642. The highest BCUT2D eigenvalue weighted by molar-refractivity contribution is 5.77. The number of hydrogen-bond donors (Lipinski definition) is 0. The van der Waals surface area contributed by atoms with Gasteiger partial charge in [-0.05, 0) is 13.0 Å².